The molecule has 0 aliphatic rings. The highest BCUT2D eigenvalue weighted by Crippen LogP contribution is 2.16. The van der Waals surface area contributed by atoms with Gasteiger partial charge in [-0.1, -0.05) is 291 Å². The van der Waals surface area contributed by atoms with E-state index in [1.165, 1.54) is 173 Å². The molecule has 0 saturated heterocycles. The highest BCUT2D eigenvalue weighted by molar-refractivity contribution is 5.71. The van der Waals surface area contributed by atoms with Gasteiger partial charge in [-0.25, -0.2) is 0 Å². The van der Waals surface area contributed by atoms with E-state index in [0.29, 0.717) is 19.3 Å². The number of hydrogen-bond donors (Lipinski definition) is 0. The molecule has 1 atom stereocenters. The van der Waals surface area contributed by atoms with Crippen molar-refractivity contribution in [2.75, 3.05) is 13.2 Å². The van der Waals surface area contributed by atoms with Gasteiger partial charge in [-0.05, 0) is 103 Å². The number of rotatable bonds is 59. The van der Waals surface area contributed by atoms with Crippen LogP contribution in [-0.2, 0) is 28.6 Å². The Bertz CT molecular complexity index is 1510. The van der Waals surface area contributed by atoms with Crippen molar-refractivity contribution < 1.29 is 28.6 Å². The molecule has 0 amide bonds. The fraction of sp³-hybridized carbons (Fsp3) is 0.732. The van der Waals surface area contributed by atoms with Gasteiger partial charge in [0.15, 0.2) is 6.10 Å². The Morgan fingerprint density at radius 1 is 0.273 bits per heavy atom. The maximum absolute atomic E-state index is 12.9. The Labute approximate surface area is 477 Å². The predicted octanol–water partition coefficient (Wildman–Crippen LogP) is 22.4. The zero-order chi connectivity index (χ0) is 55.7. The molecule has 0 aromatic rings. The summed E-state index contributed by atoms with van der Waals surface area (Å²) in [5.41, 5.74) is 0. The molecule has 0 aliphatic carbocycles. The van der Waals surface area contributed by atoms with Gasteiger partial charge in [0.25, 0.3) is 0 Å². The summed E-state index contributed by atoms with van der Waals surface area (Å²) in [4.78, 5) is 38.4. The monoisotopic (exact) mass is 1070 g/mol. The van der Waals surface area contributed by atoms with Gasteiger partial charge >= 0.3 is 17.9 Å². The molecule has 0 aliphatic heterocycles. The van der Waals surface area contributed by atoms with Gasteiger partial charge in [0.1, 0.15) is 13.2 Å². The van der Waals surface area contributed by atoms with E-state index in [1.807, 2.05) is 0 Å². The molecule has 1 unspecified atom stereocenters. The van der Waals surface area contributed by atoms with E-state index in [-0.39, 0.29) is 31.1 Å². The number of esters is 3. The molecule has 77 heavy (non-hydrogen) atoms. The molecule has 0 rings (SSSR count). The predicted molar refractivity (Wildman–Crippen MR) is 334 cm³/mol. The minimum absolute atomic E-state index is 0.0908. The lowest BCUT2D eigenvalue weighted by molar-refractivity contribution is -0.167. The number of hydrogen-bond acceptors (Lipinski definition) is 6. The van der Waals surface area contributed by atoms with Crippen LogP contribution in [0.4, 0.5) is 0 Å². The average molecular weight is 1070 g/mol. The summed E-state index contributed by atoms with van der Waals surface area (Å²) in [6.45, 7) is 6.51. The van der Waals surface area contributed by atoms with E-state index in [0.717, 1.165) is 103 Å². The van der Waals surface area contributed by atoms with E-state index in [9.17, 15) is 14.4 Å². The lowest BCUT2D eigenvalue weighted by atomic mass is 10.0. The fourth-order valence-corrected chi connectivity index (χ4v) is 9.18. The van der Waals surface area contributed by atoms with E-state index >= 15 is 0 Å². The van der Waals surface area contributed by atoms with Crippen LogP contribution in [0, 0.1) is 0 Å². The van der Waals surface area contributed by atoms with Crippen LogP contribution in [0.25, 0.3) is 0 Å². The summed E-state index contributed by atoms with van der Waals surface area (Å²) in [6, 6.07) is 0. The number of carbonyl (C=O) groups excluding carboxylic acids is 3. The molecule has 0 radical (unpaired) electrons. The van der Waals surface area contributed by atoms with Crippen LogP contribution in [0.1, 0.15) is 316 Å². The summed E-state index contributed by atoms with van der Waals surface area (Å²) in [7, 11) is 0. The third-order valence-electron chi connectivity index (χ3n) is 14.1. The summed E-state index contributed by atoms with van der Waals surface area (Å²) in [5.74, 6) is -0.927. The molecule has 0 spiro atoms. The first kappa shape index (κ1) is 73.3. The molecule has 0 bridgehead atoms. The van der Waals surface area contributed by atoms with Crippen molar-refractivity contribution >= 4 is 17.9 Å². The van der Waals surface area contributed by atoms with Crippen molar-refractivity contribution in [2.24, 2.45) is 0 Å². The first-order valence-corrected chi connectivity index (χ1v) is 32.7. The molecule has 6 nitrogen and oxygen atoms in total. The maximum atomic E-state index is 12.9. The highest BCUT2D eigenvalue weighted by atomic mass is 16.6. The molecule has 6 heteroatoms. The van der Waals surface area contributed by atoms with Gasteiger partial charge in [-0.15, -0.1) is 0 Å². The van der Waals surface area contributed by atoms with E-state index in [4.69, 9.17) is 14.2 Å². The van der Waals surface area contributed by atoms with Crippen LogP contribution in [-0.4, -0.2) is 37.2 Å². The van der Waals surface area contributed by atoms with Crippen LogP contribution in [0.2, 0.25) is 0 Å². The highest BCUT2D eigenvalue weighted by Gasteiger charge is 2.19. The van der Waals surface area contributed by atoms with Crippen molar-refractivity contribution in [3.05, 3.63) is 97.2 Å². The Morgan fingerprint density at radius 2 is 0.506 bits per heavy atom. The van der Waals surface area contributed by atoms with Gasteiger partial charge in [-0.2, -0.15) is 0 Å². The largest absolute Gasteiger partial charge is 0.462 e. The molecule has 0 saturated carbocycles. The standard InChI is InChI=1S/C71H122O6/c1-4-7-10-13-16-19-22-25-28-31-33-35-37-40-43-46-49-52-55-58-61-64-70(73)76-67-68(66-75-69(72)63-60-57-54-51-48-45-42-39-30-27-24-21-18-15-12-9-6-3)77-71(74)65-62-59-56-53-50-47-44-41-38-36-34-32-29-26-23-20-17-14-11-8-5-2/h7,10,16,19,23,25-26,28,32-35,40,43,49,52,68H,4-6,8-9,11-15,17-18,20-22,24,27,29-31,36-39,41-42,44-48,50-51,53-67H2,1-3H3/b10-7-,19-16-,26-23-,28-25-,34-32-,35-33-,43-40-,52-49-. The lowest BCUT2D eigenvalue weighted by Crippen LogP contribution is -2.30. The van der Waals surface area contributed by atoms with Gasteiger partial charge in [-0.3, -0.25) is 14.4 Å². The molecule has 0 heterocycles. The topological polar surface area (TPSA) is 78.9 Å². The average Bonchev–Trinajstić information content (AvgIpc) is 3.43. The maximum Gasteiger partial charge on any atom is 0.306 e. The Hall–Kier alpha value is -3.67. The van der Waals surface area contributed by atoms with Crippen LogP contribution >= 0.6 is 0 Å². The van der Waals surface area contributed by atoms with Gasteiger partial charge < -0.3 is 14.2 Å². The number of carbonyl (C=O) groups is 3. The Balaban J connectivity index is 4.45. The zero-order valence-corrected chi connectivity index (χ0v) is 50.7. The van der Waals surface area contributed by atoms with Crippen molar-refractivity contribution in [1.82, 2.24) is 0 Å². The van der Waals surface area contributed by atoms with Crippen molar-refractivity contribution in [2.45, 2.75) is 322 Å². The summed E-state index contributed by atoms with van der Waals surface area (Å²) in [5, 5.41) is 0. The molecule has 0 N–H and O–H groups in total. The van der Waals surface area contributed by atoms with Crippen molar-refractivity contribution in [3.63, 3.8) is 0 Å². The molecule has 442 valence electrons. The Morgan fingerprint density at radius 3 is 0.818 bits per heavy atom. The third kappa shape index (κ3) is 63.0. The quantitative estimate of drug-likeness (QED) is 0.0261. The second-order valence-corrected chi connectivity index (χ2v) is 21.6. The van der Waals surface area contributed by atoms with Gasteiger partial charge in [0, 0.05) is 19.3 Å². The van der Waals surface area contributed by atoms with Crippen LogP contribution < -0.4 is 0 Å². The molecule has 0 aromatic heterocycles. The number of ether oxygens (including phenoxy) is 3. The van der Waals surface area contributed by atoms with E-state index in [1.54, 1.807) is 0 Å². The second kappa shape index (κ2) is 64.9. The van der Waals surface area contributed by atoms with Gasteiger partial charge in [0.2, 0.25) is 0 Å². The van der Waals surface area contributed by atoms with Crippen LogP contribution in [0.15, 0.2) is 97.2 Å². The minimum Gasteiger partial charge on any atom is -0.462 e. The summed E-state index contributed by atoms with van der Waals surface area (Å²) < 4.78 is 16.9. The number of allylic oxidation sites excluding steroid dienone is 16. The van der Waals surface area contributed by atoms with Gasteiger partial charge in [0.05, 0.1) is 0 Å². The first-order valence-electron chi connectivity index (χ1n) is 32.7. The zero-order valence-electron chi connectivity index (χ0n) is 50.7. The normalized spacial score (nSPS) is 12.7. The van der Waals surface area contributed by atoms with Crippen molar-refractivity contribution in [3.8, 4) is 0 Å². The second-order valence-electron chi connectivity index (χ2n) is 21.6. The minimum atomic E-state index is -0.799. The summed E-state index contributed by atoms with van der Waals surface area (Å²) in [6.07, 6.45) is 87.0. The Kier molecular flexibility index (Phi) is 61.8. The smallest absolute Gasteiger partial charge is 0.306 e. The first-order chi connectivity index (χ1) is 38.0. The molecule has 0 fully saturated rings. The molecular weight excluding hydrogens is 949 g/mol. The van der Waals surface area contributed by atoms with E-state index in [2.05, 4.69) is 118 Å². The third-order valence-corrected chi connectivity index (χ3v) is 14.1. The fourth-order valence-electron chi connectivity index (χ4n) is 9.18. The number of unbranched alkanes of at least 4 members (excludes halogenated alkanes) is 32. The lowest BCUT2D eigenvalue weighted by Gasteiger charge is -2.18. The van der Waals surface area contributed by atoms with E-state index < -0.39 is 6.10 Å². The van der Waals surface area contributed by atoms with Crippen LogP contribution in [0.3, 0.4) is 0 Å². The molecule has 0 aromatic carbocycles. The molecular formula is C71H122O6. The van der Waals surface area contributed by atoms with Crippen LogP contribution in [0.5, 0.6) is 0 Å². The summed E-state index contributed by atoms with van der Waals surface area (Å²) >= 11 is 0. The SMILES string of the molecule is CC/C=C\C/C=C\C/C=C\C/C=C\C/C=C\C/C=C\CCCCC(=O)OCC(COC(=O)CCCCCCCCCCCCCCCCCCC)OC(=O)CCCCCCCCCCC/C=C\C/C=C\CCCCCCC. The van der Waals surface area contributed by atoms with Crippen molar-refractivity contribution in [1.29, 1.82) is 0 Å².